The van der Waals surface area contributed by atoms with Crippen molar-refractivity contribution in [3.8, 4) is 5.75 Å². The van der Waals surface area contributed by atoms with Crippen molar-refractivity contribution in [1.82, 2.24) is 4.90 Å². The molecular weight excluding hydrogens is 344 g/mol. The van der Waals surface area contributed by atoms with E-state index < -0.39 is 12.1 Å². The predicted octanol–water partition coefficient (Wildman–Crippen LogP) is 2.35. The number of esters is 1. The quantitative estimate of drug-likeness (QED) is 0.733. The van der Waals surface area contributed by atoms with E-state index in [2.05, 4.69) is 17.0 Å². The van der Waals surface area contributed by atoms with Crippen molar-refractivity contribution in [3.63, 3.8) is 0 Å². The summed E-state index contributed by atoms with van der Waals surface area (Å²) in [5.41, 5.74) is 1.16. The average Bonchev–Trinajstić information content (AvgIpc) is 2.73. The first-order chi connectivity index (χ1) is 13.1. The molecule has 1 aliphatic rings. The summed E-state index contributed by atoms with van der Waals surface area (Å²) in [5.74, 6) is -0.136. The monoisotopic (exact) mass is 368 g/mol. The van der Waals surface area contributed by atoms with Crippen LogP contribution in [0.25, 0.3) is 0 Å². The number of rotatable bonds is 6. The summed E-state index contributed by atoms with van der Waals surface area (Å²) in [5, 5.41) is 0. The third-order valence-corrected chi connectivity index (χ3v) is 4.48. The number of carbonyl (C=O) groups excluding carboxylic acids is 2. The molecule has 1 fully saturated rings. The minimum absolute atomic E-state index is 0.178. The minimum Gasteiger partial charge on any atom is -0.479 e. The number of anilines is 1. The standard InChI is InChI=1S/C21H24N2O4/c1-17(27-19-10-6-3-7-11-19)21(25)26-16-20(24)23-14-12-22(13-15-23)18-8-4-2-5-9-18/h2-11,17H,12-16H2,1H3/t17-/m1/s1. The smallest absolute Gasteiger partial charge is 0.347 e. The lowest BCUT2D eigenvalue weighted by atomic mass is 10.2. The van der Waals surface area contributed by atoms with Gasteiger partial charge < -0.3 is 19.3 Å². The molecule has 1 saturated heterocycles. The van der Waals surface area contributed by atoms with Crippen LogP contribution in [0.1, 0.15) is 6.92 Å². The molecule has 3 rings (SSSR count). The molecule has 6 heteroatoms. The van der Waals surface area contributed by atoms with E-state index in [9.17, 15) is 9.59 Å². The van der Waals surface area contributed by atoms with E-state index in [0.717, 1.165) is 18.8 Å². The highest BCUT2D eigenvalue weighted by Crippen LogP contribution is 2.16. The van der Waals surface area contributed by atoms with Gasteiger partial charge in [-0.05, 0) is 31.2 Å². The molecule has 6 nitrogen and oxygen atoms in total. The number of ether oxygens (including phenoxy) is 2. The van der Waals surface area contributed by atoms with Gasteiger partial charge in [0.1, 0.15) is 5.75 Å². The molecular formula is C21H24N2O4. The normalized spacial score (nSPS) is 15.1. The highest BCUT2D eigenvalue weighted by atomic mass is 16.6. The zero-order chi connectivity index (χ0) is 19.1. The SMILES string of the molecule is C[C@@H](Oc1ccccc1)C(=O)OCC(=O)N1CCN(c2ccccc2)CC1. The second kappa shape index (κ2) is 9.07. The lowest BCUT2D eigenvalue weighted by molar-refractivity contribution is -0.157. The van der Waals surface area contributed by atoms with Crippen LogP contribution in [0.5, 0.6) is 5.75 Å². The minimum atomic E-state index is -0.768. The maximum atomic E-state index is 12.3. The Hall–Kier alpha value is -3.02. The molecule has 1 amide bonds. The number of nitrogens with zero attached hydrogens (tertiary/aromatic N) is 2. The van der Waals surface area contributed by atoms with Crippen LogP contribution in [0.4, 0.5) is 5.69 Å². The Morgan fingerprint density at radius 3 is 2.15 bits per heavy atom. The molecule has 1 aliphatic heterocycles. The lowest BCUT2D eigenvalue weighted by Crippen LogP contribution is -2.50. The topological polar surface area (TPSA) is 59.1 Å². The van der Waals surface area contributed by atoms with Crippen molar-refractivity contribution >= 4 is 17.6 Å². The highest BCUT2D eigenvalue weighted by Gasteiger charge is 2.23. The van der Waals surface area contributed by atoms with Crippen LogP contribution in [0, 0.1) is 0 Å². The maximum Gasteiger partial charge on any atom is 0.347 e. The fraction of sp³-hybridized carbons (Fsp3) is 0.333. The molecule has 0 bridgehead atoms. The van der Waals surface area contributed by atoms with Crippen LogP contribution < -0.4 is 9.64 Å². The zero-order valence-electron chi connectivity index (χ0n) is 15.4. The van der Waals surface area contributed by atoms with Crippen molar-refractivity contribution < 1.29 is 19.1 Å². The number of hydrogen-bond acceptors (Lipinski definition) is 5. The molecule has 1 atom stereocenters. The van der Waals surface area contributed by atoms with Crippen molar-refractivity contribution in [2.75, 3.05) is 37.7 Å². The van der Waals surface area contributed by atoms with Gasteiger partial charge in [0.2, 0.25) is 0 Å². The fourth-order valence-electron chi connectivity index (χ4n) is 2.95. The van der Waals surface area contributed by atoms with Crippen LogP contribution in [-0.4, -0.2) is 55.7 Å². The molecule has 2 aromatic rings. The molecule has 0 radical (unpaired) electrons. The molecule has 142 valence electrons. The van der Waals surface area contributed by atoms with E-state index >= 15 is 0 Å². The number of hydrogen-bond donors (Lipinski definition) is 0. The summed E-state index contributed by atoms with van der Waals surface area (Å²) in [7, 11) is 0. The van der Waals surface area contributed by atoms with Crippen molar-refractivity contribution in [2.45, 2.75) is 13.0 Å². The summed E-state index contributed by atoms with van der Waals surface area (Å²) < 4.78 is 10.6. The second-order valence-electron chi connectivity index (χ2n) is 6.38. The Morgan fingerprint density at radius 2 is 1.52 bits per heavy atom. The van der Waals surface area contributed by atoms with E-state index in [1.54, 1.807) is 24.0 Å². The molecule has 0 N–H and O–H groups in total. The first-order valence-electron chi connectivity index (χ1n) is 9.09. The summed E-state index contributed by atoms with van der Waals surface area (Å²) in [6.07, 6.45) is -0.768. The van der Waals surface area contributed by atoms with Gasteiger partial charge >= 0.3 is 5.97 Å². The number of para-hydroxylation sites is 2. The maximum absolute atomic E-state index is 12.3. The van der Waals surface area contributed by atoms with Crippen LogP contribution >= 0.6 is 0 Å². The number of amides is 1. The summed E-state index contributed by atoms with van der Waals surface area (Å²) >= 11 is 0. The van der Waals surface area contributed by atoms with Gasteiger partial charge in [-0.25, -0.2) is 4.79 Å². The largest absolute Gasteiger partial charge is 0.479 e. The van der Waals surface area contributed by atoms with E-state index in [0.29, 0.717) is 18.8 Å². The van der Waals surface area contributed by atoms with Gasteiger partial charge in [0, 0.05) is 31.9 Å². The molecule has 0 aromatic heterocycles. The Labute approximate surface area is 159 Å². The lowest BCUT2D eigenvalue weighted by Gasteiger charge is -2.36. The molecule has 1 heterocycles. The van der Waals surface area contributed by atoms with Crippen LogP contribution in [0.2, 0.25) is 0 Å². The predicted molar refractivity (Wildman–Crippen MR) is 103 cm³/mol. The molecule has 2 aromatic carbocycles. The third kappa shape index (κ3) is 5.23. The third-order valence-electron chi connectivity index (χ3n) is 4.48. The van der Waals surface area contributed by atoms with Crippen LogP contribution in [0.15, 0.2) is 60.7 Å². The van der Waals surface area contributed by atoms with E-state index in [1.807, 2.05) is 36.4 Å². The zero-order valence-corrected chi connectivity index (χ0v) is 15.4. The first kappa shape index (κ1) is 18.8. The van der Waals surface area contributed by atoms with Gasteiger partial charge in [0.25, 0.3) is 5.91 Å². The number of carbonyl (C=O) groups is 2. The van der Waals surface area contributed by atoms with Crippen molar-refractivity contribution in [1.29, 1.82) is 0 Å². The molecule has 0 saturated carbocycles. The van der Waals surface area contributed by atoms with Gasteiger partial charge in [-0.2, -0.15) is 0 Å². The fourth-order valence-corrected chi connectivity index (χ4v) is 2.95. The number of piperazine rings is 1. The van der Waals surface area contributed by atoms with Gasteiger partial charge in [-0.1, -0.05) is 36.4 Å². The van der Waals surface area contributed by atoms with Gasteiger partial charge in [0.05, 0.1) is 0 Å². The van der Waals surface area contributed by atoms with Gasteiger partial charge in [0.15, 0.2) is 12.7 Å². The van der Waals surface area contributed by atoms with Crippen molar-refractivity contribution in [2.24, 2.45) is 0 Å². The van der Waals surface area contributed by atoms with Crippen LogP contribution in [-0.2, 0) is 14.3 Å². The van der Waals surface area contributed by atoms with E-state index in [1.165, 1.54) is 0 Å². The average molecular weight is 368 g/mol. The Balaban J connectivity index is 1.41. The van der Waals surface area contributed by atoms with Crippen LogP contribution in [0.3, 0.4) is 0 Å². The van der Waals surface area contributed by atoms with Gasteiger partial charge in [-0.3, -0.25) is 4.79 Å². The van der Waals surface area contributed by atoms with Crippen molar-refractivity contribution in [3.05, 3.63) is 60.7 Å². The molecule has 0 aliphatic carbocycles. The molecule has 27 heavy (non-hydrogen) atoms. The molecule has 0 spiro atoms. The highest BCUT2D eigenvalue weighted by molar-refractivity contribution is 5.82. The van der Waals surface area contributed by atoms with Gasteiger partial charge in [-0.15, -0.1) is 0 Å². The summed E-state index contributed by atoms with van der Waals surface area (Å²) in [6, 6.07) is 19.2. The number of benzene rings is 2. The summed E-state index contributed by atoms with van der Waals surface area (Å²) in [6.45, 7) is 4.10. The Morgan fingerprint density at radius 1 is 0.926 bits per heavy atom. The first-order valence-corrected chi connectivity index (χ1v) is 9.09. The molecule has 0 unspecified atom stereocenters. The Bertz CT molecular complexity index is 743. The van der Waals surface area contributed by atoms with E-state index in [-0.39, 0.29) is 12.5 Å². The van der Waals surface area contributed by atoms with E-state index in [4.69, 9.17) is 9.47 Å². The summed E-state index contributed by atoms with van der Waals surface area (Å²) in [4.78, 5) is 28.3. The second-order valence-corrected chi connectivity index (χ2v) is 6.38. The Kier molecular flexibility index (Phi) is 6.30.